The Morgan fingerprint density at radius 3 is 2.54 bits per heavy atom. The first kappa shape index (κ1) is 11.0. The first-order valence-corrected chi connectivity index (χ1v) is 7.03. The van der Waals surface area contributed by atoms with Crippen molar-refractivity contribution < 1.29 is 13.2 Å². The highest BCUT2D eigenvalue weighted by Gasteiger charge is 2.30. The molecule has 1 aliphatic heterocycles. The molecule has 13 heavy (non-hydrogen) atoms. The highest BCUT2D eigenvalue weighted by atomic mass is 32.2. The van der Waals surface area contributed by atoms with E-state index in [1.807, 2.05) is 6.92 Å². The lowest BCUT2D eigenvalue weighted by Gasteiger charge is -2.11. The fourth-order valence-electron chi connectivity index (χ4n) is 1.25. The lowest BCUT2D eigenvalue weighted by molar-refractivity contribution is -0.116. The molecule has 76 valence electrons. The van der Waals surface area contributed by atoms with Gasteiger partial charge in [-0.2, -0.15) is 0 Å². The van der Waals surface area contributed by atoms with Crippen LogP contribution in [-0.4, -0.2) is 36.2 Å². The largest absolute Gasteiger partial charge is 0.299 e. The van der Waals surface area contributed by atoms with Gasteiger partial charge in [-0.1, -0.05) is 0 Å². The second-order valence-electron chi connectivity index (χ2n) is 3.41. The Kier molecular flexibility index (Phi) is 3.40. The molecule has 0 radical (unpaired) electrons. The number of thioether (sulfide) groups is 1. The van der Waals surface area contributed by atoms with Crippen LogP contribution in [0, 0.1) is 0 Å². The highest BCUT2D eigenvalue weighted by molar-refractivity contribution is 8.02. The second kappa shape index (κ2) is 4.00. The summed E-state index contributed by atoms with van der Waals surface area (Å²) < 4.78 is 22.2. The maximum atomic E-state index is 11.1. The molecule has 0 aliphatic carbocycles. The number of Topliss-reactive ketones (excluding diaryl/α,β-unsaturated/α-hetero) is 1. The van der Waals surface area contributed by atoms with Crippen LogP contribution in [0.15, 0.2) is 0 Å². The Morgan fingerprint density at radius 1 is 1.54 bits per heavy atom. The molecule has 2 atom stereocenters. The van der Waals surface area contributed by atoms with Crippen molar-refractivity contribution in [3.63, 3.8) is 0 Å². The Balaban J connectivity index is 2.45. The molecule has 3 nitrogen and oxygen atoms in total. The van der Waals surface area contributed by atoms with Gasteiger partial charge < -0.3 is 0 Å². The summed E-state index contributed by atoms with van der Waals surface area (Å²) in [5.74, 6) is 0.652. The normalized spacial score (nSPS) is 28.6. The monoisotopic (exact) mass is 222 g/mol. The van der Waals surface area contributed by atoms with Gasteiger partial charge in [0, 0.05) is 5.25 Å². The van der Waals surface area contributed by atoms with Gasteiger partial charge in [0.15, 0.2) is 9.84 Å². The fourth-order valence-corrected chi connectivity index (χ4v) is 4.90. The molecule has 1 aliphatic rings. The topological polar surface area (TPSA) is 51.2 Å². The number of carbonyl (C=O) groups excluding carboxylic acids is 1. The molecule has 0 spiro atoms. The van der Waals surface area contributed by atoms with E-state index in [9.17, 15) is 13.2 Å². The summed E-state index contributed by atoms with van der Waals surface area (Å²) in [6.45, 7) is 3.37. The van der Waals surface area contributed by atoms with E-state index in [0.717, 1.165) is 0 Å². The lowest BCUT2D eigenvalue weighted by atomic mass is 10.3. The molecule has 1 rings (SSSR count). The molecule has 0 aromatic heterocycles. The molecule has 1 saturated heterocycles. The molecule has 0 aromatic carbocycles. The van der Waals surface area contributed by atoms with Gasteiger partial charge in [-0.25, -0.2) is 8.42 Å². The maximum absolute atomic E-state index is 11.1. The zero-order valence-electron chi connectivity index (χ0n) is 7.82. The molecule has 1 heterocycles. The first-order valence-electron chi connectivity index (χ1n) is 4.27. The summed E-state index contributed by atoms with van der Waals surface area (Å²) in [7, 11) is -2.80. The van der Waals surface area contributed by atoms with Crippen molar-refractivity contribution >= 4 is 27.4 Å². The van der Waals surface area contributed by atoms with Crippen LogP contribution in [0.1, 0.15) is 20.3 Å². The molecule has 0 bridgehead atoms. The van der Waals surface area contributed by atoms with Gasteiger partial charge >= 0.3 is 0 Å². The summed E-state index contributed by atoms with van der Waals surface area (Å²) in [5, 5.41) is 0.0576. The van der Waals surface area contributed by atoms with Crippen molar-refractivity contribution in [2.24, 2.45) is 0 Å². The van der Waals surface area contributed by atoms with Crippen LogP contribution >= 0.6 is 11.8 Å². The summed E-state index contributed by atoms with van der Waals surface area (Å²) in [5.41, 5.74) is 0. The van der Waals surface area contributed by atoms with Gasteiger partial charge in [-0.15, -0.1) is 11.8 Å². The minimum atomic E-state index is -2.80. The predicted molar refractivity (Wildman–Crippen MR) is 54.8 cm³/mol. The third-order valence-electron chi connectivity index (χ3n) is 2.16. The van der Waals surface area contributed by atoms with Crippen LogP contribution in [0.2, 0.25) is 0 Å². The van der Waals surface area contributed by atoms with E-state index in [-0.39, 0.29) is 27.8 Å². The molecule has 0 amide bonds. The van der Waals surface area contributed by atoms with Gasteiger partial charge in [0.05, 0.1) is 16.8 Å². The smallest absolute Gasteiger partial charge is 0.151 e. The van der Waals surface area contributed by atoms with Crippen molar-refractivity contribution in [3.05, 3.63) is 0 Å². The van der Waals surface area contributed by atoms with E-state index in [0.29, 0.717) is 6.42 Å². The zero-order valence-corrected chi connectivity index (χ0v) is 9.45. The van der Waals surface area contributed by atoms with Crippen LogP contribution in [0.4, 0.5) is 0 Å². The minimum absolute atomic E-state index is 0.0710. The molecule has 1 fully saturated rings. The third-order valence-corrected chi connectivity index (χ3v) is 5.67. The van der Waals surface area contributed by atoms with Gasteiger partial charge in [0.2, 0.25) is 0 Å². The molecular weight excluding hydrogens is 208 g/mol. The molecule has 0 saturated carbocycles. The quantitative estimate of drug-likeness (QED) is 0.711. The van der Waals surface area contributed by atoms with Crippen LogP contribution in [0.3, 0.4) is 0 Å². The number of hydrogen-bond donors (Lipinski definition) is 0. The van der Waals surface area contributed by atoms with Crippen molar-refractivity contribution in [3.8, 4) is 0 Å². The molecule has 5 heteroatoms. The lowest BCUT2D eigenvalue weighted by Crippen LogP contribution is -2.15. The van der Waals surface area contributed by atoms with Crippen molar-refractivity contribution in [2.45, 2.75) is 30.8 Å². The van der Waals surface area contributed by atoms with Gasteiger partial charge in [0.25, 0.3) is 0 Å². The number of carbonyl (C=O) groups is 1. The van der Waals surface area contributed by atoms with E-state index < -0.39 is 9.84 Å². The first-order chi connectivity index (χ1) is 5.91. The molecular formula is C8H14O3S2. The Labute approximate surface area is 83.2 Å². The van der Waals surface area contributed by atoms with Crippen LogP contribution in [-0.2, 0) is 14.6 Å². The van der Waals surface area contributed by atoms with Crippen molar-refractivity contribution in [2.75, 3.05) is 11.5 Å². The molecule has 0 aromatic rings. The predicted octanol–water partition coefficient (Wildman–Crippen LogP) is 0.884. The highest BCUT2D eigenvalue weighted by Crippen LogP contribution is 2.27. The van der Waals surface area contributed by atoms with Crippen LogP contribution in [0.25, 0.3) is 0 Å². The van der Waals surface area contributed by atoms with Crippen LogP contribution < -0.4 is 0 Å². The summed E-state index contributed by atoms with van der Waals surface area (Å²) >= 11 is 1.49. The third kappa shape index (κ3) is 3.31. The van der Waals surface area contributed by atoms with Crippen molar-refractivity contribution in [1.29, 1.82) is 0 Å². The maximum Gasteiger partial charge on any atom is 0.151 e. The SMILES string of the molecule is CC(=O)C(C)SC1CCS(=O)(=O)C1. The number of hydrogen-bond acceptors (Lipinski definition) is 4. The summed E-state index contributed by atoms with van der Waals surface area (Å²) in [6, 6.07) is 0. The zero-order chi connectivity index (χ0) is 10.1. The van der Waals surface area contributed by atoms with E-state index in [4.69, 9.17) is 0 Å². The van der Waals surface area contributed by atoms with E-state index in [1.54, 1.807) is 6.92 Å². The second-order valence-corrected chi connectivity index (χ2v) is 7.29. The van der Waals surface area contributed by atoms with Crippen molar-refractivity contribution in [1.82, 2.24) is 0 Å². The Bertz CT molecular complexity index is 295. The van der Waals surface area contributed by atoms with Crippen LogP contribution in [0.5, 0.6) is 0 Å². The van der Waals surface area contributed by atoms with E-state index in [2.05, 4.69) is 0 Å². The van der Waals surface area contributed by atoms with E-state index in [1.165, 1.54) is 11.8 Å². The summed E-state index contributed by atoms with van der Waals surface area (Å²) in [6.07, 6.45) is 0.699. The Hall–Kier alpha value is -0.0300. The average Bonchev–Trinajstić information content (AvgIpc) is 2.30. The van der Waals surface area contributed by atoms with Gasteiger partial charge in [-0.05, 0) is 20.3 Å². The molecule has 0 N–H and O–H groups in total. The number of ketones is 1. The van der Waals surface area contributed by atoms with E-state index >= 15 is 0 Å². The Morgan fingerprint density at radius 2 is 2.15 bits per heavy atom. The van der Waals surface area contributed by atoms with Gasteiger partial charge in [-0.3, -0.25) is 4.79 Å². The number of sulfone groups is 1. The number of rotatable bonds is 3. The molecule has 2 unspecified atom stereocenters. The van der Waals surface area contributed by atoms with Gasteiger partial charge in [0.1, 0.15) is 5.78 Å². The fraction of sp³-hybridized carbons (Fsp3) is 0.875. The minimum Gasteiger partial charge on any atom is -0.299 e. The average molecular weight is 222 g/mol. The summed E-state index contributed by atoms with van der Waals surface area (Å²) in [4.78, 5) is 10.9. The standard InChI is InChI=1S/C8H14O3S2/c1-6(9)7(2)12-8-3-4-13(10,11)5-8/h7-8H,3-5H2,1-2H3.